The Labute approximate surface area is 145 Å². The van der Waals surface area contributed by atoms with Crippen molar-refractivity contribution >= 4 is 29.5 Å². The number of ketones is 1. The number of aliphatic imine (C=N–C) groups is 1. The van der Waals surface area contributed by atoms with Crippen molar-refractivity contribution in [3.05, 3.63) is 11.9 Å². The van der Waals surface area contributed by atoms with Crippen molar-refractivity contribution in [1.29, 1.82) is 0 Å². The summed E-state index contributed by atoms with van der Waals surface area (Å²) in [4.78, 5) is 44.2. The summed E-state index contributed by atoms with van der Waals surface area (Å²) in [6, 6.07) is -2.08. The minimum Gasteiger partial charge on any atom is -0.381 e. The number of urea groups is 1. The lowest BCUT2D eigenvalue weighted by Crippen LogP contribution is -2.65. The smallest absolute Gasteiger partial charge is 0.381 e. The average molecular weight is 348 g/mol. The highest BCUT2D eigenvalue weighted by Crippen LogP contribution is 2.30. The maximum absolute atomic E-state index is 13.0. The molecule has 0 radical (unpaired) electrons. The quantitative estimate of drug-likeness (QED) is 0.711. The molecule has 2 aliphatic heterocycles. The standard InChI is InChI=1S/C16H22N5O4/c1-9-8-20-12-13(17-15(20)19(9)6-7-25-5)18(4)16(24)21(14(12)23)10(2)11(3)22/h8,10,12H,6-7H2,1-5H3/q+1. The molecule has 2 atom stereocenters. The monoisotopic (exact) mass is 348 g/mol. The second-order valence-electron chi connectivity index (χ2n) is 6.33. The number of hydrogen-bond donors (Lipinski definition) is 0. The average Bonchev–Trinajstić information content (AvgIpc) is 3.06. The van der Waals surface area contributed by atoms with Crippen molar-refractivity contribution in [2.45, 2.75) is 39.4 Å². The lowest BCUT2D eigenvalue weighted by Gasteiger charge is -2.35. The fourth-order valence-corrected chi connectivity index (χ4v) is 3.19. The Balaban J connectivity index is 2.06. The molecule has 0 aliphatic carbocycles. The zero-order valence-electron chi connectivity index (χ0n) is 15.0. The second kappa shape index (κ2) is 6.07. The molecule has 9 nitrogen and oxygen atoms in total. The fourth-order valence-electron chi connectivity index (χ4n) is 3.19. The van der Waals surface area contributed by atoms with Crippen molar-refractivity contribution < 1.29 is 23.7 Å². The molecule has 0 N–H and O–H groups in total. The maximum atomic E-state index is 13.0. The van der Waals surface area contributed by atoms with E-state index in [1.165, 1.54) is 11.8 Å². The molecular weight excluding hydrogens is 326 g/mol. The van der Waals surface area contributed by atoms with Crippen LogP contribution in [0.1, 0.15) is 25.6 Å². The molecule has 1 aromatic rings. The number of amides is 3. The van der Waals surface area contributed by atoms with Crippen LogP contribution in [0, 0.1) is 6.92 Å². The molecule has 0 saturated carbocycles. The van der Waals surface area contributed by atoms with Gasteiger partial charge in [-0.2, -0.15) is 0 Å². The first-order valence-corrected chi connectivity index (χ1v) is 8.09. The number of likely N-dealkylation sites (N-methyl/N-ethyl adjacent to an activating group) is 1. The summed E-state index contributed by atoms with van der Waals surface area (Å²) in [5.74, 6) is 0.299. The Hall–Kier alpha value is -2.55. The summed E-state index contributed by atoms with van der Waals surface area (Å²) in [5.41, 5.74) is 0.938. The van der Waals surface area contributed by atoms with E-state index in [2.05, 4.69) is 4.99 Å². The summed E-state index contributed by atoms with van der Waals surface area (Å²) in [6.07, 6.45) is 1.84. The number of aromatic nitrogens is 2. The lowest BCUT2D eigenvalue weighted by molar-refractivity contribution is -0.677. The third-order valence-corrected chi connectivity index (χ3v) is 4.76. The number of hydrogen-bond acceptors (Lipinski definition) is 5. The largest absolute Gasteiger partial charge is 0.402 e. The van der Waals surface area contributed by atoms with Crippen molar-refractivity contribution in [2.24, 2.45) is 4.99 Å². The first kappa shape index (κ1) is 17.3. The molecule has 0 bridgehead atoms. The topological polar surface area (TPSA) is 88.1 Å². The number of amidine groups is 1. The van der Waals surface area contributed by atoms with Crippen LogP contribution in [0.4, 0.5) is 10.7 Å². The van der Waals surface area contributed by atoms with Crippen molar-refractivity contribution in [2.75, 3.05) is 20.8 Å². The van der Waals surface area contributed by atoms with E-state index in [0.29, 0.717) is 24.9 Å². The predicted octanol–water partition coefficient (Wildman–Crippen LogP) is 0.187. The van der Waals surface area contributed by atoms with Crippen molar-refractivity contribution in [3.8, 4) is 0 Å². The number of rotatable bonds is 5. The minimum atomic E-state index is -0.815. The first-order chi connectivity index (χ1) is 11.8. The molecule has 134 valence electrons. The van der Waals surface area contributed by atoms with Gasteiger partial charge < -0.3 is 4.74 Å². The van der Waals surface area contributed by atoms with Crippen LogP contribution in [-0.2, 0) is 20.9 Å². The van der Waals surface area contributed by atoms with Gasteiger partial charge >= 0.3 is 12.0 Å². The van der Waals surface area contributed by atoms with Gasteiger partial charge in [-0.05, 0) is 20.8 Å². The van der Waals surface area contributed by atoms with Gasteiger partial charge in [0, 0.05) is 14.2 Å². The highest BCUT2D eigenvalue weighted by molar-refractivity contribution is 6.20. The number of imidazole rings is 1. The molecule has 9 heteroatoms. The fraction of sp³-hybridized carbons (Fsp3) is 0.562. The van der Waals surface area contributed by atoms with Gasteiger partial charge in [0.15, 0.2) is 5.78 Å². The Kier molecular flexibility index (Phi) is 4.19. The molecule has 2 unspecified atom stereocenters. The number of ether oxygens (including phenoxy) is 1. The van der Waals surface area contributed by atoms with E-state index in [9.17, 15) is 14.4 Å². The summed E-state index contributed by atoms with van der Waals surface area (Å²) in [6.45, 7) is 5.95. The van der Waals surface area contributed by atoms with Crippen LogP contribution in [0.2, 0.25) is 0 Å². The SMILES string of the molecule is COCCn1c(C)c[n+]2c1N=C1C2C(=O)N(C(C)C(C)=O)C(=O)N1C. The Morgan fingerprint density at radius 3 is 2.72 bits per heavy atom. The van der Waals surface area contributed by atoms with Crippen LogP contribution in [0.3, 0.4) is 0 Å². The molecule has 3 amide bonds. The van der Waals surface area contributed by atoms with E-state index in [-0.39, 0.29) is 5.78 Å². The number of methoxy groups -OCH3 is 1. The van der Waals surface area contributed by atoms with Crippen LogP contribution in [0.5, 0.6) is 0 Å². The zero-order chi connectivity index (χ0) is 18.5. The van der Waals surface area contributed by atoms with E-state index < -0.39 is 24.0 Å². The van der Waals surface area contributed by atoms with Gasteiger partial charge in [0.05, 0.1) is 19.2 Å². The Morgan fingerprint density at radius 2 is 2.12 bits per heavy atom. The van der Waals surface area contributed by atoms with Crippen LogP contribution < -0.4 is 4.57 Å². The van der Waals surface area contributed by atoms with Crippen LogP contribution >= 0.6 is 0 Å². The molecule has 2 aliphatic rings. The van der Waals surface area contributed by atoms with Crippen LogP contribution in [0.25, 0.3) is 0 Å². The summed E-state index contributed by atoms with van der Waals surface area (Å²) < 4.78 is 8.83. The molecule has 1 fully saturated rings. The highest BCUT2D eigenvalue weighted by Gasteiger charge is 2.54. The molecule has 25 heavy (non-hydrogen) atoms. The van der Waals surface area contributed by atoms with E-state index in [4.69, 9.17) is 4.74 Å². The normalized spacial score (nSPS) is 20.5. The van der Waals surface area contributed by atoms with Gasteiger partial charge in [-0.25, -0.2) is 18.8 Å². The molecule has 1 saturated heterocycles. The zero-order valence-corrected chi connectivity index (χ0v) is 15.0. The number of carbonyl (C=O) groups is 3. The molecule has 0 aromatic carbocycles. The van der Waals surface area contributed by atoms with Gasteiger partial charge in [0.2, 0.25) is 11.9 Å². The summed E-state index contributed by atoms with van der Waals surface area (Å²) in [5, 5.41) is 0. The van der Waals surface area contributed by atoms with Crippen molar-refractivity contribution in [3.63, 3.8) is 0 Å². The van der Waals surface area contributed by atoms with E-state index in [0.717, 1.165) is 10.6 Å². The van der Waals surface area contributed by atoms with Crippen LogP contribution in [0.15, 0.2) is 11.2 Å². The lowest BCUT2D eigenvalue weighted by atomic mass is 10.1. The van der Waals surface area contributed by atoms with Gasteiger partial charge in [-0.3, -0.25) is 14.5 Å². The Morgan fingerprint density at radius 1 is 1.44 bits per heavy atom. The van der Waals surface area contributed by atoms with E-state index >= 15 is 0 Å². The van der Waals surface area contributed by atoms with Gasteiger partial charge in [0.25, 0.3) is 5.91 Å². The summed E-state index contributed by atoms with van der Waals surface area (Å²) >= 11 is 0. The Bertz CT molecular complexity index is 797. The minimum absolute atomic E-state index is 0.243. The van der Waals surface area contributed by atoms with Gasteiger partial charge in [-0.1, -0.05) is 4.99 Å². The second-order valence-corrected chi connectivity index (χ2v) is 6.33. The number of nitrogens with zero attached hydrogens (tertiary/aromatic N) is 5. The number of carbonyl (C=O) groups excluding carboxylic acids is 3. The van der Waals surface area contributed by atoms with Gasteiger partial charge in [0.1, 0.15) is 11.9 Å². The molecule has 0 spiro atoms. The van der Waals surface area contributed by atoms with E-state index in [1.54, 1.807) is 25.6 Å². The van der Waals surface area contributed by atoms with E-state index in [1.807, 2.05) is 17.7 Å². The number of aryl methyl sites for hydroxylation is 1. The molecule has 3 rings (SSSR count). The first-order valence-electron chi connectivity index (χ1n) is 8.09. The molecule has 1 aromatic heterocycles. The number of fused-ring (bicyclic) bond motifs is 3. The third-order valence-electron chi connectivity index (χ3n) is 4.76. The third kappa shape index (κ3) is 2.46. The van der Waals surface area contributed by atoms with Crippen LogP contribution in [-0.4, -0.2) is 64.7 Å². The molecule has 3 heterocycles. The summed E-state index contributed by atoms with van der Waals surface area (Å²) in [7, 11) is 3.19. The number of Topliss-reactive ketones (excluding diaryl/α,β-unsaturated/α-hetero) is 1. The molecular formula is C16H22N5O4+. The highest BCUT2D eigenvalue weighted by atomic mass is 16.5. The predicted molar refractivity (Wildman–Crippen MR) is 87.5 cm³/mol. The van der Waals surface area contributed by atoms with Crippen molar-refractivity contribution in [1.82, 2.24) is 14.4 Å². The number of imide groups is 1. The van der Waals surface area contributed by atoms with Gasteiger partial charge in [-0.15, -0.1) is 0 Å². The maximum Gasteiger partial charge on any atom is 0.402 e.